The van der Waals surface area contributed by atoms with E-state index in [1.54, 1.807) is 24.3 Å². The summed E-state index contributed by atoms with van der Waals surface area (Å²) in [6.07, 6.45) is 0.231. The molecule has 1 aromatic rings. The molecule has 6 nitrogen and oxygen atoms in total. The Hall–Kier alpha value is -1.66. The van der Waals surface area contributed by atoms with Crippen molar-refractivity contribution in [3.8, 4) is 0 Å². The molecule has 2 heterocycles. The van der Waals surface area contributed by atoms with Gasteiger partial charge in [-0.2, -0.15) is 0 Å². The molecule has 2 aliphatic heterocycles. The van der Waals surface area contributed by atoms with Crippen LogP contribution in [0.4, 0.5) is 11.4 Å². The van der Waals surface area contributed by atoms with Gasteiger partial charge in [-0.3, -0.25) is 10.1 Å². The molecule has 2 fully saturated rings. The fourth-order valence-corrected chi connectivity index (χ4v) is 2.59. The lowest BCUT2D eigenvalue weighted by atomic mass is 10.2. The van der Waals surface area contributed by atoms with E-state index < -0.39 is 0 Å². The second-order valence-corrected chi connectivity index (χ2v) is 4.65. The fourth-order valence-electron chi connectivity index (χ4n) is 2.59. The molecule has 18 heavy (non-hydrogen) atoms. The summed E-state index contributed by atoms with van der Waals surface area (Å²) in [7, 11) is 0. The van der Waals surface area contributed by atoms with Crippen LogP contribution in [-0.4, -0.2) is 43.3 Å². The third kappa shape index (κ3) is 2.04. The summed E-state index contributed by atoms with van der Waals surface area (Å²) in [4.78, 5) is 12.4. The highest BCUT2D eigenvalue weighted by Gasteiger charge is 2.35. The van der Waals surface area contributed by atoms with Crippen LogP contribution in [0.1, 0.15) is 0 Å². The Morgan fingerprint density at radius 3 is 2.78 bits per heavy atom. The highest BCUT2D eigenvalue weighted by Crippen LogP contribution is 2.25. The number of nitrogens with zero attached hydrogens (tertiary/aromatic N) is 2. The lowest BCUT2D eigenvalue weighted by molar-refractivity contribution is -0.384. The van der Waals surface area contributed by atoms with Gasteiger partial charge in [-0.25, -0.2) is 0 Å². The quantitative estimate of drug-likeness (QED) is 0.619. The number of hydrogen-bond donors (Lipinski definition) is 1. The third-order valence-corrected chi connectivity index (χ3v) is 3.53. The Morgan fingerprint density at radius 2 is 2.11 bits per heavy atom. The zero-order valence-electron chi connectivity index (χ0n) is 9.91. The normalized spacial score (nSPS) is 27.0. The number of morpholine rings is 1. The molecule has 2 atom stereocenters. The molecule has 6 heteroatoms. The first-order valence-electron chi connectivity index (χ1n) is 6.08. The van der Waals surface area contributed by atoms with Crippen LogP contribution in [0, 0.1) is 10.1 Å². The first kappa shape index (κ1) is 11.4. The Bertz CT molecular complexity index is 434. The van der Waals surface area contributed by atoms with Crippen LogP contribution in [0.25, 0.3) is 0 Å². The molecule has 2 saturated heterocycles. The van der Waals surface area contributed by atoms with Crippen LogP contribution < -0.4 is 10.2 Å². The van der Waals surface area contributed by atoms with E-state index in [2.05, 4.69) is 10.2 Å². The Balaban J connectivity index is 1.73. The van der Waals surface area contributed by atoms with Crippen molar-refractivity contribution in [2.75, 3.05) is 31.1 Å². The molecule has 1 N–H and O–H groups in total. The monoisotopic (exact) mass is 249 g/mol. The average Bonchev–Trinajstić information content (AvgIpc) is 2.82. The number of nitro benzene ring substituents is 1. The number of benzene rings is 1. The third-order valence-electron chi connectivity index (χ3n) is 3.53. The molecule has 96 valence electrons. The van der Waals surface area contributed by atoms with E-state index >= 15 is 0 Å². The average molecular weight is 249 g/mol. The topological polar surface area (TPSA) is 67.6 Å². The summed E-state index contributed by atoms with van der Waals surface area (Å²) in [5, 5.41) is 14.0. The molecule has 0 radical (unpaired) electrons. The molecular weight excluding hydrogens is 234 g/mol. The van der Waals surface area contributed by atoms with E-state index in [9.17, 15) is 10.1 Å². The van der Waals surface area contributed by atoms with Crippen molar-refractivity contribution in [2.45, 2.75) is 12.1 Å². The Labute approximate surface area is 105 Å². The number of hydrogen-bond acceptors (Lipinski definition) is 5. The summed E-state index contributed by atoms with van der Waals surface area (Å²) in [5.74, 6) is 0. The van der Waals surface area contributed by atoms with Gasteiger partial charge in [0.1, 0.15) is 0 Å². The number of fused-ring (bicyclic) bond motifs is 1. The van der Waals surface area contributed by atoms with Crippen molar-refractivity contribution >= 4 is 11.4 Å². The molecule has 0 amide bonds. The lowest BCUT2D eigenvalue weighted by Crippen LogP contribution is -2.47. The van der Waals surface area contributed by atoms with Crippen molar-refractivity contribution in [2.24, 2.45) is 0 Å². The minimum atomic E-state index is -0.377. The van der Waals surface area contributed by atoms with Gasteiger partial charge in [0.25, 0.3) is 5.69 Å². The van der Waals surface area contributed by atoms with Gasteiger partial charge in [-0.15, -0.1) is 0 Å². The van der Waals surface area contributed by atoms with Gasteiger partial charge in [0.05, 0.1) is 23.7 Å². The van der Waals surface area contributed by atoms with E-state index in [-0.39, 0.29) is 16.7 Å². The zero-order valence-corrected chi connectivity index (χ0v) is 9.91. The van der Waals surface area contributed by atoms with E-state index in [0.29, 0.717) is 6.04 Å². The highest BCUT2D eigenvalue weighted by molar-refractivity contribution is 5.52. The SMILES string of the molecule is O=[N+]([O-])c1ccc(N2CC3NCCOC3C2)cc1. The van der Waals surface area contributed by atoms with E-state index in [1.807, 2.05) is 0 Å². The van der Waals surface area contributed by atoms with Crippen LogP contribution in [0.3, 0.4) is 0 Å². The van der Waals surface area contributed by atoms with Crippen LogP contribution in [-0.2, 0) is 4.74 Å². The summed E-state index contributed by atoms with van der Waals surface area (Å²) in [6, 6.07) is 7.07. The number of nitro groups is 1. The van der Waals surface area contributed by atoms with Crippen LogP contribution in [0.15, 0.2) is 24.3 Å². The Kier molecular flexibility index (Phi) is 2.89. The molecule has 2 aliphatic rings. The number of anilines is 1. The molecule has 0 spiro atoms. The first-order chi connectivity index (χ1) is 8.74. The summed E-state index contributed by atoms with van der Waals surface area (Å²) < 4.78 is 5.70. The van der Waals surface area contributed by atoms with Crippen molar-refractivity contribution in [1.82, 2.24) is 5.32 Å². The maximum Gasteiger partial charge on any atom is 0.269 e. The van der Waals surface area contributed by atoms with Gasteiger partial charge in [0, 0.05) is 37.5 Å². The summed E-state index contributed by atoms with van der Waals surface area (Å²) in [5.41, 5.74) is 1.14. The van der Waals surface area contributed by atoms with Crippen molar-refractivity contribution in [3.63, 3.8) is 0 Å². The minimum absolute atomic E-state index is 0.129. The van der Waals surface area contributed by atoms with Crippen molar-refractivity contribution in [3.05, 3.63) is 34.4 Å². The number of nitrogens with one attached hydrogen (secondary N) is 1. The predicted molar refractivity (Wildman–Crippen MR) is 66.8 cm³/mol. The molecule has 2 unspecified atom stereocenters. The number of non-ortho nitro benzene ring substituents is 1. The maximum absolute atomic E-state index is 10.6. The van der Waals surface area contributed by atoms with Crippen LogP contribution in [0.2, 0.25) is 0 Å². The van der Waals surface area contributed by atoms with E-state index in [0.717, 1.165) is 31.9 Å². The summed E-state index contributed by atoms with van der Waals surface area (Å²) >= 11 is 0. The smallest absolute Gasteiger partial charge is 0.269 e. The molecule has 0 bridgehead atoms. The number of ether oxygens (including phenoxy) is 1. The summed E-state index contributed by atoms with van der Waals surface area (Å²) in [6.45, 7) is 3.39. The predicted octanol–water partition coefficient (Wildman–Crippen LogP) is 0.772. The maximum atomic E-state index is 10.6. The lowest BCUT2D eigenvalue weighted by Gasteiger charge is -2.25. The van der Waals surface area contributed by atoms with Gasteiger partial charge in [-0.1, -0.05) is 0 Å². The van der Waals surface area contributed by atoms with E-state index in [4.69, 9.17) is 4.74 Å². The molecule has 1 aromatic carbocycles. The van der Waals surface area contributed by atoms with Crippen molar-refractivity contribution < 1.29 is 9.66 Å². The van der Waals surface area contributed by atoms with Gasteiger partial charge in [-0.05, 0) is 12.1 Å². The largest absolute Gasteiger partial charge is 0.373 e. The van der Waals surface area contributed by atoms with Gasteiger partial charge < -0.3 is 15.0 Å². The van der Waals surface area contributed by atoms with Gasteiger partial charge >= 0.3 is 0 Å². The highest BCUT2D eigenvalue weighted by atomic mass is 16.6. The van der Waals surface area contributed by atoms with E-state index in [1.165, 1.54) is 0 Å². The Morgan fingerprint density at radius 1 is 1.33 bits per heavy atom. The molecule has 0 saturated carbocycles. The second-order valence-electron chi connectivity index (χ2n) is 4.65. The van der Waals surface area contributed by atoms with Crippen LogP contribution in [0.5, 0.6) is 0 Å². The fraction of sp³-hybridized carbons (Fsp3) is 0.500. The molecule has 0 aliphatic carbocycles. The molecule has 0 aromatic heterocycles. The standard InChI is InChI=1S/C12H15N3O3/c16-15(17)10-3-1-9(2-4-10)14-7-11-12(8-14)18-6-5-13-11/h1-4,11-13H,5-8H2. The van der Waals surface area contributed by atoms with Gasteiger partial charge in [0.2, 0.25) is 0 Å². The first-order valence-corrected chi connectivity index (χ1v) is 6.08. The van der Waals surface area contributed by atoms with Crippen molar-refractivity contribution in [1.29, 1.82) is 0 Å². The second kappa shape index (κ2) is 4.55. The molecule has 3 rings (SSSR count). The minimum Gasteiger partial charge on any atom is -0.373 e. The van der Waals surface area contributed by atoms with Crippen LogP contribution >= 0.6 is 0 Å². The van der Waals surface area contributed by atoms with Gasteiger partial charge in [0.15, 0.2) is 0 Å². The number of rotatable bonds is 2. The molecular formula is C12H15N3O3. The zero-order chi connectivity index (χ0) is 12.5.